The Morgan fingerprint density at radius 1 is 0.718 bits per heavy atom. The highest BCUT2D eigenvalue weighted by atomic mass is 127. The first-order valence-electron chi connectivity index (χ1n) is 11.9. The van der Waals surface area contributed by atoms with E-state index in [-0.39, 0.29) is 5.75 Å². The normalized spacial score (nSPS) is 11.8. The highest BCUT2D eigenvalue weighted by molar-refractivity contribution is 14.1. The predicted octanol–water partition coefficient (Wildman–Crippen LogP) is 8.01. The summed E-state index contributed by atoms with van der Waals surface area (Å²) in [6, 6.07) is 26.7. The van der Waals surface area contributed by atoms with E-state index in [0.29, 0.717) is 33.9 Å². The summed E-state index contributed by atoms with van der Waals surface area (Å²) in [6.45, 7) is 0. The molecular weight excluding hydrogens is 622 g/mol. The zero-order valence-corrected chi connectivity index (χ0v) is 23.3. The molecule has 0 fully saturated rings. The van der Waals surface area contributed by atoms with Crippen LogP contribution in [-0.4, -0.2) is 24.8 Å². The monoisotopic (exact) mass is 641 g/mol. The van der Waals surface area contributed by atoms with E-state index in [2.05, 4.69) is 32.6 Å². The molecule has 6 aromatic rings. The molecule has 188 valence electrons. The maximum absolute atomic E-state index is 12.0. The average molecular weight is 641 g/mol. The summed E-state index contributed by atoms with van der Waals surface area (Å²) < 4.78 is 19.5. The molecule has 1 atom stereocenters. The number of fused-ring (bicyclic) bond motifs is 3. The summed E-state index contributed by atoms with van der Waals surface area (Å²) in [7, 11) is -2.96. The first kappa shape index (κ1) is 25.2. The van der Waals surface area contributed by atoms with Gasteiger partial charge in [0.25, 0.3) is 0 Å². The summed E-state index contributed by atoms with van der Waals surface area (Å²) in [5.41, 5.74) is 6.10. The number of nitrogens with zero attached hydrogens (tertiary/aromatic N) is 4. The van der Waals surface area contributed by atoms with Crippen molar-refractivity contribution < 1.29 is 14.0 Å². The zero-order valence-electron chi connectivity index (χ0n) is 20.3. The first-order valence-corrected chi connectivity index (χ1v) is 14.3. The second-order valence-corrected chi connectivity index (χ2v) is 9.94. The molecule has 0 aliphatic carbocycles. The van der Waals surface area contributed by atoms with E-state index in [9.17, 15) is 9.46 Å². The van der Waals surface area contributed by atoms with Crippen molar-refractivity contribution in [1.82, 2.24) is 19.9 Å². The van der Waals surface area contributed by atoms with Crippen LogP contribution in [0.1, 0.15) is 5.56 Å². The molecule has 0 radical (unpaired) electrons. The highest BCUT2D eigenvalue weighted by Crippen LogP contribution is 2.42. The van der Waals surface area contributed by atoms with Gasteiger partial charge in [-0.2, -0.15) is 0 Å². The van der Waals surface area contributed by atoms with Gasteiger partial charge in [-0.05, 0) is 52.6 Å². The lowest BCUT2D eigenvalue weighted by Crippen LogP contribution is -1.97. The predicted molar refractivity (Wildman–Crippen MR) is 162 cm³/mol. The number of hydrogen-bond donors (Lipinski definition) is 1. The number of aromatic nitrogens is 4. The van der Waals surface area contributed by atoms with Gasteiger partial charge in [0, 0.05) is 44.4 Å². The molecule has 6 rings (SSSR count). The average Bonchev–Trinajstić information content (AvgIpc) is 2.97. The standard InChI is InChI=1S/C30H18IN4O3P/c31-16-15-21-12-14-24(34-27(21)26-8-1-2-17-32-26)22-6-3-7-23(30(22)38-39(36)37)25-13-11-20-10-9-19-5-4-18-33-28(19)29(20)35-25/h1-18H/p+1/b16-15-. The van der Waals surface area contributed by atoms with Crippen molar-refractivity contribution in [2.24, 2.45) is 0 Å². The lowest BCUT2D eigenvalue weighted by molar-refractivity contribution is 0.411. The van der Waals surface area contributed by atoms with Crippen molar-refractivity contribution in [3.8, 4) is 39.7 Å². The Hall–Kier alpha value is -4.11. The second kappa shape index (κ2) is 10.9. The van der Waals surface area contributed by atoms with E-state index in [1.807, 2.05) is 95.1 Å². The molecule has 0 amide bonds. The van der Waals surface area contributed by atoms with Crippen molar-refractivity contribution in [2.45, 2.75) is 0 Å². The van der Waals surface area contributed by atoms with E-state index < -0.39 is 8.25 Å². The Morgan fingerprint density at radius 2 is 1.44 bits per heavy atom. The number of halogens is 1. The molecule has 0 aliphatic heterocycles. The topological polar surface area (TPSA) is 98.1 Å². The van der Waals surface area contributed by atoms with E-state index in [1.165, 1.54) is 0 Å². The molecule has 0 saturated carbocycles. The minimum Gasteiger partial charge on any atom is -0.255 e. The fourth-order valence-corrected chi connectivity index (χ4v) is 5.26. The quantitative estimate of drug-likeness (QED) is 0.112. The molecule has 0 saturated heterocycles. The minimum atomic E-state index is -2.96. The Labute approximate surface area is 238 Å². The van der Waals surface area contributed by atoms with Crippen LogP contribution in [0.2, 0.25) is 0 Å². The van der Waals surface area contributed by atoms with Gasteiger partial charge in [-0.3, -0.25) is 9.97 Å². The Bertz CT molecular complexity index is 1900. The number of benzene rings is 2. The molecule has 0 bridgehead atoms. The molecule has 1 unspecified atom stereocenters. The van der Waals surface area contributed by atoms with Crippen LogP contribution in [0.25, 0.3) is 61.8 Å². The SMILES string of the molecule is O=[P+](O)Oc1c(-c2ccc(/C=C\I)c(-c3ccccn3)n2)cccc1-c1ccc2ccc3cccnc3c2n1. The maximum Gasteiger partial charge on any atom is 0.747 e. The van der Waals surface area contributed by atoms with Gasteiger partial charge in [0.15, 0.2) is 0 Å². The lowest BCUT2D eigenvalue weighted by atomic mass is 10.0. The van der Waals surface area contributed by atoms with Crippen molar-refractivity contribution in [2.75, 3.05) is 0 Å². The Morgan fingerprint density at radius 3 is 2.18 bits per heavy atom. The number of para-hydroxylation sites is 1. The number of hydrogen-bond acceptors (Lipinski definition) is 6. The number of pyridine rings is 4. The number of rotatable bonds is 6. The van der Waals surface area contributed by atoms with Crippen molar-refractivity contribution in [1.29, 1.82) is 0 Å². The molecule has 39 heavy (non-hydrogen) atoms. The largest absolute Gasteiger partial charge is 0.747 e. The molecule has 1 N–H and O–H groups in total. The van der Waals surface area contributed by atoms with Crippen LogP contribution in [0.5, 0.6) is 5.75 Å². The van der Waals surface area contributed by atoms with Crippen LogP contribution >= 0.6 is 30.8 Å². The maximum atomic E-state index is 12.0. The van der Waals surface area contributed by atoms with Gasteiger partial charge in [-0.15, -0.1) is 4.89 Å². The van der Waals surface area contributed by atoms with Crippen LogP contribution in [0, 0.1) is 0 Å². The molecule has 4 aromatic heterocycles. The lowest BCUT2D eigenvalue weighted by Gasteiger charge is -2.12. The van der Waals surface area contributed by atoms with Crippen LogP contribution in [0.4, 0.5) is 0 Å². The van der Waals surface area contributed by atoms with E-state index in [1.54, 1.807) is 12.4 Å². The summed E-state index contributed by atoms with van der Waals surface area (Å²) in [6.07, 6.45) is 5.41. The Kier molecular flexibility index (Phi) is 7.06. The second-order valence-electron chi connectivity index (χ2n) is 8.56. The van der Waals surface area contributed by atoms with E-state index in [0.717, 1.165) is 27.4 Å². The summed E-state index contributed by atoms with van der Waals surface area (Å²) in [4.78, 5) is 28.7. The van der Waals surface area contributed by atoms with Crippen LogP contribution in [0.15, 0.2) is 101 Å². The minimum absolute atomic E-state index is 0.220. The molecule has 9 heteroatoms. The van der Waals surface area contributed by atoms with Gasteiger partial charge in [0.05, 0.1) is 33.8 Å². The Balaban J connectivity index is 1.56. The third-order valence-corrected chi connectivity index (χ3v) is 6.94. The molecule has 0 spiro atoms. The van der Waals surface area contributed by atoms with Gasteiger partial charge >= 0.3 is 8.25 Å². The van der Waals surface area contributed by atoms with Crippen molar-refractivity contribution in [3.05, 3.63) is 107 Å². The van der Waals surface area contributed by atoms with Gasteiger partial charge in [-0.25, -0.2) is 14.5 Å². The van der Waals surface area contributed by atoms with Gasteiger partial charge in [0.2, 0.25) is 5.75 Å². The van der Waals surface area contributed by atoms with Gasteiger partial charge in [-0.1, -0.05) is 65.1 Å². The van der Waals surface area contributed by atoms with Crippen LogP contribution < -0.4 is 4.52 Å². The summed E-state index contributed by atoms with van der Waals surface area (Å²) in [5.74, 6) is 0.220. The third kappa shape index (κ3) is 5.02. The first-order chi connectivity index (χ1) is 19.1. The fraction of sp³-hybridized carbons (Fsp3) is 0. The molecule has 2 aromatic carbocycles. The molecule has 7 nitrogen and oxygen atoms in total. The molecular formula is C30H19IN4O3P+. The smallest absolute Gasteiger partial charge is 0.255 e. The molecule has 4 heterocycles. The molecule has 0 aliphatic rings. The highest BCUT2D eigenvalue weighted by Gasteiger charge is 2.25. The van der Waals surface area contributed by atoms with Crippen molar-refractivity contribution >= 4 is 58.7 Å². The van der Waals surface area contributed by atoms with Gasteiger partial charge in [0.1, 0.15) is 0 Å². The van der Waals surface area contributed by atoms with E-state index >= 15 is 0 Å². The van der Waals surface area contributed by atoms with Crippen LogP contribution in [0.3, 0.4) is 0 Å². The van der Waals surface area contributed by atoms with Gasteiger partial charge < -0.3 is 0 Å². The van der Waals surface area contributed by atoms with Crippen molar-refractivity contribution in [3.63, 3.8) is 0 Å². The van der Waals surface area contributed by atoms with E-state index in [4.69, 9.17) is 14.5 Å². The summed E-state index contributed by atoms with van der Waals surface area (Å²) >= 11 is 2.17. The van der Waals surface area contributed by atoms with Crippen LogP contribution in [-0.2, 0) is 4.57 Å². The fourth-order valence-electron chi connectivity index (χ4n) is 4.52. The third-order valence-electron chi connectivity index (χ3n) is 6.24. The summed E-state index contributed by atoms with van der Waals surface area (Å²) in [5, 5.41) is 1.92. The zero-order chi connectivity index (χ0) is 26.8.